The number of hydrogen-bond acceptors (Lipinski definition) is 0. The second-order valence-corrected chi connectivity index (χ2v) is 4.44. The molecule has 1 aliphatic carbocycles. The predicted octanol–water partition coefficient (Wildman–Crippen LogP) is 1.92. The monoisotopic (exact) mass is 196 g/mol. The summed E-state index contributed by atoms with van der Waals surface area (Å²) in [5.41, 5.74) is 2.77. The van der Waals surface area contributed by atoms with Gasteiger partial charge in [-0.2, -0.15) is 0 Å². The van der Waals surface area contributed by atoms with Crippen LogP contribution in [0.25, 0.3) is 0 Å². The lowest BCUT2D eigenvalue weighted by atomic mass is 9.91. The molecule has 0 fully saturated rings. The Bertz CT molecular complexity index is 312. The minimum atomic E-state index is 0.492. The van der Waals surface area contributed by atoms with Crippen molar-refractivity contribution in [1.82, 2.24) is 0 Å². The first kappa shape index (κ1) is 9.04. The van der Waals surface area contributed by atoms with Gasteiger partial charge in [-0.05, 0) is 25.3 Å². The van der Waals surface area contributed by atoms with Gasteiger partial charge in [-0.3, -0.25) is 0 Å². The second-order valence-electron chi connectivity index (χ2n) is 4.00. The summed E-state index contributed by atoms with van der Waals surface area (Å²) in [7, 11) is 0. The first-order valence-electron chi connectivity index (χ1n) is 4.80. The van der Waals surface area contributed by atoms with Gasteiger partial charge in [0, 0.05) is 16.7 Å². The molecule has 2 N–H and O–H groups in total. The molecule has 0 aromatic heterocycles. The van der Waals surface area contributed by atoms with Crippen LogP contribution in [0.3, 0.4) is 0 Å². The van der Waals surface area contributed by atoms with Crippen LogP contribution in [0.4, 0.5) is 0 Å². The first-order chi connectivity index (χ1) is 6.16. The third-order valence-corrected chi connectivity index (χ3v) is 3.19. The van der Waals surface area contributed by atoms with E-state index in [1.165, 1.54) is 11.3 Å². The van der Waals surface area contributed by atoms with Crippen molar-refractivity contribution in [2.45, 2.75) is 26.3 Å². The molecule has 0 saturated heterocycles. The fourth-order valence-corrected chi connectivity index (χ4v) is 2.05. The average Bonchev–Trinajstić information content (AvgIpc) is 2.08. The summed E-state index contributed by atoms with van der Waals surface area (Å²) < 4.78 is 0. The van der Waals surface area contributed by atoms with E-state index in [4.69, 9.17) is 11.6 Å². The molecular weight excluding hydrogens is 182 g/mol. The fraction of sp³-hybridized carbons (Fsp3) is 0.455. The molecular formula is C11H15ClN+. The van der Waals surface area contributed by atoms with Crippen molar-refractivity contribution in [3.63, 3.8) is 0 Å². The van der Waals surface area contributed by atoms with Gasteiger partial charge in [-0.15, -0.1) is 0 Å². The summed E-state index contributed by atoms with van der Waals surface area (Å²) in [6.07, 6.45) is 7.70. The highest BCUT2D eigenvalue weighted by molar-refractivity contribution is 6.30. The molecule has 0 saturated carbocycles. The van der Waals surface area contributed by atoms with Gasteiger partial charge >= 0.3 is 0 Å². The summed E-state index contributed by atoms with van der Waals surface area (Å²) in [4.78, 5) is 0. The van der Waals surface area contributed by atoms with Crippen LogP contribution in [0.15, 0.2) is 34.5 Å². The molecule has 2 heteroatoms. The Morgan fingerprint density at radius 1 is 1.46 bits per heavy atom. The van der Waals surface area contributed by atoms with E-state index in [2.05, 4.69) is 37.4 Å². The maximum atomic E-state index is 6.12. The number of hydrogen-bond donors (Lipinski definition) is 1. The predicted molar refractivity (Wildman–Crippen MR) is 55.3 cm³/mol. The Morgan fingerprint density at radius 2 is 2.23 bits per heavy atom. The van der Waals surface area contributed by atoms with Crippen LogP contribution in [0.1, 0.15) is 20.3 Å². The average molecular weight is 197 g/mol. The van der Waals surface area contributed by atoms with Gasteiger partial charge in [-0.1, -0.05) is 24.6 Å². The smallest absolute Gasteiger partial charge is 0.134 e. The molecule has 13 heavy (non-hydrogen) atoms. The molecule has 0 aromatic rings. The van der Waals surface area contributed by atoms with Gasteiger partial charge < -0.3 is 5.32 Å². The SMILES string of the molecule is CC1C=CC2=C(C=C(Cl)C(C)C2)[NH2+]1. The van der Waals surface area contributed by atoms with Crippen molar-refractivity contribution >= 4 is 11.6 Å². The molecule has 0 spiro atoms. The zero-order chi connectivity index (χ0) is 9.42. The lowest BCUT2D eigenvalue weighted by molar-refractivity contribution is -0.627. The molecule has 2 aliphatic rings. The number of halogens is 1. The molecule has 0 bridgehead atoms. The number of allylic oxidation sites excluding steroid dienone is 4. The summed E-state index contributed by atoms with van der Waals surface area (Å²) in [6.45, 7) is 4.37. The van der Waals surface area contributed by atoms with Gasteiger partial charge in [0.05, 0.1) is 0 Å². The van der Waals surface area contributed by atoms with Crippen LogP contribution in [0.2, 0.25) is 0 Å². The lowest BCUT2D eigenvalue weighted by Crippen LogP contribution is -2.87. The molecule has 2 atom stereocenters. The van der Waals surface area contributed by atoms with Gasteiger partial charge in [0.25, 0.3) is 0 Å². The molecule has 2 unspecified atom stereocenters. The van der Waals surface area contributed by atoms with E-state index in [0.29, 0.717) is 12.0 Å². The molecule has 0 amide bonds. The number of rotatable bonds is 0. The molecule has 70 valence electrons. The third-order valence-electron chi connectivity index (χ3n) is 2.70. The lowest BCUT2D eigenvalue weighted by Gasteiger charge is -2.23. The van der Waals surface area contributed by atoms with Crippen molar-refractivity contribution in [2.75, 3.05) is 0 Å². The Kier molecular flexibility index (Phi) is 2.31. The maximum absolute atomic E-state index is 6.12. The Hall–Kier alpha value is -0.530. The van der Waals surface area contributed by atoms with Crippen LogP contribution in [0, 0.1) is 5.92 Å². The molecule has 1 heterocycles. The van der Waals surface area contributed by atoms with Crippen LogP contribution in [-0.2, 0) is 0 Å². The molecule has 2 rings (SSSR count). The Labute approximate surface area is 84.2 Å². The van der Waals surface area contributed by atoms with Crippen LogP contribution in [-0.4, -0.2) is 6.04 Å². The van der Waals surface area contributed by atoms with E-state index in [1.54, 1.807) is 0 Å². The van der Waals surface area contributed by atoms with Crippen LogP contribution >= 0.6 is 11.6 Å². The second kappa shape index (κ2) is 3.32. The topological polar surface area (TPSA) is 16.6 Å². The highest BCUT2D eigenvalue weighted by Gasteiger charge is 2.23. The molecule has 1 nitrogen and oxygen atoms in total. The minimum absolute atomic E-state index is 0.492. The quantitative estimate of drug-likeness (QED) is 0.610. The van der Waals surface area contributed by atoms with Crippen molar-refractivity contribution in [2.24, 2.45) is 5.92 Å². The van der Waals surface area contributed by atoms with E-state index >= 15 is 0 Å². The maximum Gasteiger partial charge on any atom is 0.134 e. The minimum Gasteiger partial charge on any atom is -0.308 e. The van der Waals surface area contributed by atoms with Gasteiger partial charge in [0.2, 0.25) is 0 Å². The van der Waals surface area contributed by atoms with Gasteiger partial charge in [0.1, 0.15) is 11.7 Å². The third kappa shape index (κ3) is 1.72. The van der Waals surface area contributed by atoms with Crippen LogP contribution < -0.4 is 5.32 Å². The van der Waals surface area contributed by atoms with Gasteiger partial charge in [0.15, 0.2) is 0 Å². The number of nitrogens with two attached hydrogens (primary N) is 1. The Balaban J connectivity index is 2.30. The van der Waals surface area contributed by atoms with Gasteiger partial charge in [-0.25, -0.2) is 0 Å². The highest BCUT2D eigenvalue weighted by Crippen LogP contribution is 2.30. The van der Waals surface area contributed by atoms with E-state index in [1.807, 2.05) is 0 Å². The zero-order valence-electron chi connectivity index (χ0n) is 8.05. The molecule has 1 aliphatic heterocycles. The van der Waals surface area contributed by atoms with E-state index in [9.17, 15) is 0 Å². The summed E-state index contributed by atoms with van der Waals surface area (Å²) in [6, 6.07) is 0.549. The zero-order valence-corrected chi connectivity index (χ0v) is 8.81. The molecule has 0 radical (unpaired) electrons. The van der Waals surface area contributed by atoms with E-state index < -0.39 is 0 Å². The summed E-state index contributed by atoms with van der Waals surface area (Å²) in [5, 5.41) is 3.28. The van der Waals surface area contributed by atoms with E-state index in [-0.39, 0.29) is 0 Å². The fourth-order valence-electron chi connectivity index (χ4n) is 1.85. The van der Waals surface area contributed by atoms with Crippen LogP contribution in [0.5, 0.6) is 0 Å². The summed E-state index contributed by atoms with van der Waals surface area (Å²) >= 11 is 6.12. The van der Waals surface area contributed by atoms with E-state index in [0.717, 1.165) is 11.5 Å². The Morgan fingerprint density at radius 3 is 3.00 bits per heavy atom. The standard InChI is InChI=1S/C11H14ClN/c1-7-5-9-4-3-8(2)13-11(9)6-10(7)12/h3-4,6-8,13H,5H2,1-2H3/p+1. The normalized spacial score (nSPS) is 33.0. The van der Waals surface area contributed by atoms with Crippen molar-refractivity contribution in [1.29, 1.82) is 0 Å². The van der Waals surface area contributed by atoms with Crippen molar-refractivity contribution in [3.05, 3.63) is 34.5 Å². The largest absolute Gasteiger partial charge is 0.308 e. The van der Waals surface area contributed by atoms with Crippen molar-refractivity contribution < 1.29 is 5.32 Å². The molecule has 0 aromatic carbocycles. The number of quaternary nitrogens is 1. The summed E-state index contributed by atoms with van der Waals surface area (Å²) in [5.74, 6) is 0.492. The van der Waals surface area contributed by atoms with Crippen molar-refractivity contribution in [3.8, 4) is 0 Å². The first-order valence-corrected chi connectivity index (χ1v) is 5.18. The highest BCUT2D eigenvalue weighted by atomic mass is 35.5.